The fourth-order valence-corrected chi connectivity index (χ4v) is 4.35. The van der Waals surface area contributed by atoms with Gasteiger partial charge in [-0.1, -0.05) is 31.2 Å². The minimum atomic E-state index is -0.543. The number of nitrogens with two attached hydrogens (primary N) is 1. The smallest absolute Gasteiger partial charge is 0.188 e. The predicted molar refractivity (Wildman–Crippen MR) is 155 cm³/mol. The van der Waals surface area contributed by atoms with E-state index in [2.05, 4.69) is 4.98 Å². The van der Waals surface area contributed by atoms with Crippen LogP contribution in [-0.2, 0) is 6.54 Å². The van der Waals surface area contributed by atoms with E-state index in [0.717, 1.165) is 5.56 Å². The molecule has 1 aromatic heterocycles. The molecule has 40 heavy (non-hydrogen) atoms. The van der Waals surface area contributed by atoms with E-state index in [9.17, 15) is 4.79 Å². The van der Waals surface area contributed by atoms with Crippen molar-refractivity contribution in [3.05, 3.63) is 89.6 Å². The molecule has 0 atom stereocenters. The van der Waals surface area contributed by atoms with E-state index in [1.165, 1.54) is 0 Å². The molecule has 8 nitrogen and oxygen atoms in total. The summed E-state index contributed by atoms with van der Waals surface area (Å²) >= 11 is 0. The number of ether oxygens (including phenoxy) is 2. The summed E-state index contributed by atoms with van der Waals surface area (Å²) in [4.78, 5) is 22.2. The largest absolute Gasteiger partial charge is 0.494 e. The highest BCUT2D eigenvalue weighted by Gasteiger charge is 2.23. The number of anilines is 2. The minimum Gasteiger partial charge on any atom is -0.494 e. The number of imidazole rings is 1. The summed E-state index contributed by atoms with van der Waals surface area (Å²) in [6.07, 6.45) is 1.88. The number of nitrogens with zero attached hydrogens (tertiary/aromatic N) is 2. The number of halogens is 1. The lowest BCUT2D eigenvalue weighted by molar-refractivity contribution is 0.0988. The fraction of sp³-hybridized carbons (Fsp3) is 0.258. The Labute approximate surface area is 233 Å². The number of H-pyrrole nitrogens is 1. The summed E-state index contributed by atoms with van der Waals surface area (Å²) in [6, 6.07) is 17.5. The molecule has 1 heterocycles. The molecule has 0 spiro atoms. The number of rotatable bonds is 12. The standard InChI is InChI=1S/C31H34FN5O3/c1-5-27(38)24-10-8-7-9-23(24)25-17-35-29(36-25)18-37(21-13-11-20(12-14-21)31(33)34)26-15-22(39-6-2)16-28(30(26)32)40-19(3)4/h7-17,19H,5-6,18H2,1-4H3,(H3,33,34)(H,35,36). The molecule has 0 amide bonds. The number of amidine groups is 1. The van der Waals surface area contributed by atoms with Crippen molar-refractivity contribution in [2.24, 2.45) is 5.73 Å². The van der Waals surface area contributed by atoms with Crippen molar-refractivity contribution in [3.8, 4) is 22.8 Å². The maximum absolute atomic E-state index is 16.0. The average Bonchev–Trinajstić information content (AvgIpc) is 3.41. The van der Waals surface area contributed by atoms with Gasteiger partial charge in [0, 0.05) is 47.1 Å². The van der Waals surface area contributed by atoms with Crippen molar-refractivity contribution in [2.45, 2.75) is 46.8 Å². The lowest BCUT2D eigenvalue weighted by Gasteiger charge is -2.26. The maximum atomic E-state index is 16.0. The zero-order chi connectivity index (χ0) is 28.8. The number of nitrogen functional groups attached to an aromatic ring is 1. The van der Waals surface area contributed by atoms with Crippen LogP contribution in [0.3, 0.4) is 0 Å². The molecule has 0 saturated heterocycles. The summed E-state index contributed by atoms with van der Waals surface area (Å²) < 4.78 is 27.5. The van der Waals surface area contributed by atoms with Gasteiger partial charge in [0.25, 0.3) is 0 Å². The Morgan fingerprint density at radius 1 is 1.12 bits per heavy atom. The van der Waals surface area contributed by atoms with Crippen molar-refractivity contribution in [3.63, 3.8) is 0 Å². The van der Waals surface area contributed by atoms with Gasteiger partial charge in [-0.2, -0.15) is 0 Å². The third-order valence-corrected chi connectivity index (χ3v) is 6.21. The van der Waals surface area contributed by atoms with Crippen molar-refractivity contribution in [1.29, 1.82) is 5.41 Å². The number of aromatic nitrogens is 2. The molecule has 0 aliphatic carbocycles. The summed E-state index contributed by atoms with van der Waals surface area (Å²) in [5, 5.41) is 7.74. The normalized spacial score (nSPS) is 10.9. The number of Topliss-reactive ketones (excluding diaryl/α,β-unsaturated/α-hetero) is 1. The SMILES string of the molecule is CCOc1cc(OC(C)C)c(F)c(N(Cc2nc(-c3ccccc3C(=O)CC)c[nH]2)c2ccc(C(=N)N)cc2)c1. The van der Waals surface area contributed by atoms with Crippen molar-refractivity contribution >= 4 is 23.0 Å². The molecule has 4 N–H and O–H groups in total. The Bertz CT molecular complexity index is 1500. The van der Waals surface area contributed by atoms with Crippen LogP contribution < -0.4 is 20.1 Å². The first kappa shape index (κ1) is 28.4. The van der Waals surface area contributed by atoms with Crippen LogP contribution in [0.5, 0.6) is 11.5 Å². The van der Waals surface area contributed by atoms with Gasteiger partial charge < -0.3 is 25.1 Å². The predicted octanol–water partition coefficient (Wildman–Crippen LogP) is 6.62. The second-order valence-corrected chi connectivity index (χ2v) is 9.46. The number of benzene rings is 3. The zero-order valence-corrected chi connectivity index (χ0v) is 23.1. The van der Waals surface area contributed by atoms with Gasteiger partial charge >= 0.3 is 0 Å². The van der Waals surface area contributed by atoms with E-state index in [4.69, 9.17) is 25.6 Å². The number of ketones is 1. The molecule has 0 aliphatic heterocycles. The molecule has 4 aromatic rings. The van der Waals surface area contributed by atoms with Crippen LogP contribution in [0.4, 0.5) is 15.8 Å². The van der Waals surface area contributed by atoms with Crippen LogP contribution in [-0.4, -0.2) is 34.3 Å². The summed E-state index contributed by atoms with van der Waals surface area (Å²) in [6.45, 7) is 7.91. The summed E-state index contributed by atoms with van der Waals surface area (Å²) in [5.41, 5.74) is 9.03. The first-order valence-corrected chi connectivity index (χ1v) is 13.2. The highest BCUT2D eigenvalue weighted by molar-refractivity contribution is 6.01. The number of aromatic amines is 1. The van der Waals surface area contributed by atoms with Gasteiger partial charge in [0.15, 0.2) is 17.3 Å². The molecular formula is C31H34FN5O3. The number of carbonyl (C=O) groups is 1. The molecule has 0 radical (unpaired) electrons. The van der Waals surface area contributed by atoms with Crippen molar-refractivity contribution in [1.82, 2.24) is 9.97 Å². The van der Waals surface area contributed by atoms with Crippen LogP contribution in [0.25, 0.3) is 11.3 Å². The Balaban J connectivity index is 1.80. The van der Waals surface area contributed by atoms with Gasteiger partial charge in [0.2, 0.25) is 0 Å². The van der Waals surface area contributed by atoms with E-state index in [1.54, 1.807) is 53.6 Å². The molecule has 0 fully saturated rings. The second kappa shape index (κ2) is 12.5. The zero-order valence-electron chi connectivity index (χ0n) is 23.1. The van der Waals surface area contributed by atoms with Crippen LogP contribution >= 0.6 is 0 Å². The minimum absolute atomic E-state index is 0.0276. The van der Waals surface area contributed by atoms with Crippen molar-refractivity contribution in [2.75, 3.05) is 11.5 Å². The number of hydrogen-bond acceptors (Lipinski definition) is 6. The highest BCUT2D eigenvalue weighted by Crippen LogP contribution is 2.38. The van der Waals surface area contributed by atoms with Gasteiger partial charge in [0.05, 0.1) is 30.6 Å². The third kappa shape index (κ3) is 6.31. The second-order valence-electron chi connectivity index (χ2n) is 9.46. The van der Waals surface area contributed by atoms with E-state index >= 15 is 4.39 Å². The molecule has 9 heteroatoms. The maximum Gasteiger partial charge on any atom is 0.188 e. The van der Waals surface area contributed by atoms with Crippen LogP contribution in [0.2, 0.25) is 0 Å². The molecule has 3 aromatic carbocycles. The van der Waals surface area contributed by atoms with E-state index in [-0.39, 0.29) is 35.7 Å². The monoisotopic (exact) mass is 543 g/mol. The van der Waals surface area contributed by atoms with Gasteiger partial charge in [-0.05, 0) is 45.0 Å². The Kier molecular flexibility index (Phi) is 8.83. The number of nitrogens with one attached hydrogen (secondary N) is 2. The van der Waals surface area contributed by atoms with E-state index in [1.807, 2.05) is 45.9 Å². The lowest BCUT2D eigenvalue weighted by Crippen LogP contribution is -2.20. The number of carbonyl (C=O) groups excluding carboxylic acids is 1. The van der Waals surface area contributed by atoms with Crippen molar-refractivity contribution < 1.29 is 18.7 Å². The van der Waals surface area contributed by atoms with Crippen LogP contribution in [0.1, 0.15) is 55.9 Å². The average molecular weight is 544 g/mol. The van der Waals surface area contributed by atoms with Gasteiger partial charge in [0.1, 0.15) is 17.4 Å². The van der Waals surface area contributed by atoms with Crippen LogP contribution in [0.15, 0.2) is 66.9 Å². The first-order chi connectivity index (χ1) is 19.2. The fourth-order valence-electron chi connectivity index (χ4n) is 4.35. The molecule has 0 aliphatic rings. The third-order valence-electron chi connectivity index (χ3n) is 6.21. The quantitative estimate of drug-likeness (QED) is 0.105. The van der Waals surface area contributed by atoms with E-state index in [0.29, 0.717) is 47.1 Å². The Morgan fingerprint density at radius 3 is 2.50 bits per heavy atom. The first-order valence-electron chi connectivity index (χ1n) is 13.2. The molecule has 0 saturated carbocycles. The molecule has 0 unspecified atom stereocenters. The summed E-state index contributed by atoms with van der Waals surface area (Å²) in [7, 11) is 0. The summed E-state index contributed by atoms with van der Waals surface area (Å²) in [5.74, 6) is 0.516. The van der Waals surface area contributed by atoms with Gasteiger partial charge in [-0.3, -0.25) is 10.2 Å². The molecule has 4 rings (SSSR count). The highest BCUT2D eigenvalue weighted by atomic mass is 19.1. The topological polar surface area (TPSA) is 117 Å². The molecule has 0 bridgehead atoms. The molecular weight excluding hydrogens is 509 g/mol. The Morgan fingerprint density at radius 2 is 1.85 bits per heavy atom. The lowest BCUT2D eigenvalue weighted by atomic mass is 10.0. The van der Waals surface area contributed by atoms with E-state index < -0.39 is 5.82 Å². The van der Waals surface area contributed by atoms with Gasteiger partial charge in [-0.15, -0.1) is 0 Å². The molecule has 208 valence electrons. The van der Waals surface area contributed by atoms with Gasteiger partial charge in [-0.25, -0.2) is 9.37 Å². The Hall–Kier alpha value is -4.66. The van der Waals surface area contributed by atoms with Crippen LogP contribution in [0, 0.1) is 11.2 Å². The number of hydrogen-bond donors (Lipinski definition) is 3.